The molecule has 0 aliphatic heterocycles. The Bertz CT molecular complexity index is 513. The molecule has 0 radical (unpaired) electrons. The summed E-state index contributed by atoms with van der Waals surface area (Å²) in [6, 6.07) is 6.35. The van der Waals surface area contributed by atoms with Crippen LogP contribution < -0.4 is 5.32 Å². The van der Waals surface area contributed by atoms with Crippen LogP contribution in [-0.2, 0) is 0 Å². The van der Waals surface area contributed by atoms with Gasteiger partial charge in [0.05, 0.1) is 6.20 Å². The summed E-state index contributed by atoms with van der Waals surface area (Å²) in [6.45, 7) is 4.21. The van der Waals surface area contributed by atoms with Crippen molar-refractivity contribution in [1.82, 2.24) is 15.5 Å². The van der Waals surface area contributed by atoms with Gasteiger partial charge in [0.15, 0.2) is 0 Å². The van der Waals surface area contributed by atoms with Crippen LogP contribution in [0.5, 0.6) is 0 Å². The highest BCUT2D eigenvalue weighted by atomic mass is 79.9. The Labute approximate surface area is 120 Å². The molecule has 0 aliphatic carbocycles. The molecule has 1 aromatic carbocycles. The maximum atomic E-state index is 6.24. The third-order valence-electron chi connectivity index (χ3n) is 2.95. The fourth-order valence-electron chi connectivity index (χ4n) is 1.91. The van der Waals surface area contributed by atoms with Crippen molar-refractivity contribution in [3.05, 3.63) is 51.2 Å². The molecule has 18 heavy (non-hydrogen) atoms. The summed E-state index contributed by atoms with van der Waals surface area (Å²) < 4.78 is 0.992. The maximum Gasteiger partial charge on any atom is 0.0534 e. The Morgan fingerprint density at radius 3 is 2.72 bits per heavy atom. The number of aromatic nitrogens is 2. The molecule has 96 valence electrons. The van der Waals surface area contributed by atoms with E-state index in [-0.39, 0.29) is 12.1 Å². The quantitative estimate of drug-likeness (QED) is 0.881. The Balaban J connectivity index is 2.10. The predicted octanol–water partition coefficient (Wildman–Crippen LogP) is 4.24. The van der Waals surface area contributed by atoms with E-state index in [0.717, 1.165) is 20.6 Å². The maximum absolute atomic E-state index is 6.24. The van der Waals surface area contributed by atoms with Gasteiger partial charge >= 0.3 is 0 Å². The van der Waals surface area contributed by atoms with Gasteiger partial charge in [0.25, 0.3) is 0 Å². The molecule has 0 saturated heterocycles. The smallest absolute Gasteiger partial charge is 0.0534 e. The molecule has 5 heteroatoms. The number of H-pyrrole nitrogens is 1. The highest BCUT2D eigenvalue weighted by Gasteiger charge is 2.14. The topological polar surface area (TPSA) is 40.7 Å². The van der Waals surface area contributed by atoms with Gasteiger partial charge in [-0.3, -0.25) is 5.10 Å². The average molecular weight is 329 g/mol. The molecule has 3 nitrogen and oxygen atoms in total. The van der Waals surface area contributed by atoms with Gasteiger partial charge in [-0.2, -0.15) is 5.10 Å². The lowest BCUT2D eigenvalue weighted by Crippen LogP contribution is -2.22. The number of halogens is 2. The molecule has 2 atom stereocenters. The van der Waals surface area contributed by atoms with E-state index in [0.29, 0.717) is 0 Å². The molecule has 2 N–H and O–H groups in total. The minimum atomic E-state index is 0.176. The van der Waals surface area contributed by atoms with Crippen molar-refractivity contribution in [2.24, 2.45) is 0 Å². The van der Waals surface area contributed by atoms with Crippen LogP contribution in [0.1, 0.15) is 37.1 Å². The van der Waals surface area contributed by atoms with E-state index in [1.165, 1.54) is 0 Å². The summed E-state index contributed by atoms with van der Waals surface area (Å²) >= 11 is 9.65. The second kappa shape index (κ2) is 5.87. The first-order valence-electron chi connectivity index (χ1n) is 5.77. The molecule has 1 heterocycles. The molecule has 0 aliphatic rings. The third-order valence-corrected chi connectivity index (χ3v) is 3.77. The predicted molar refractivity (Wildman–Crippen MR) is 77.7 cm³/mol. The van der Waals surface area contributed by atoms with Gasteiger partial charge in [-0.15, -0.1) is 0 Å². The van der Waals surface area contributed by atoms with Gasteiger partial charge in [0.1, 0.15) is 0 Å². The van der Waals surface area contributed by atoms with Crippen molar-refractivity contribution in [2.75, 3.05) is 0 Å². The zero-order valence-electron chi connectivity index (χ0n) is 10.2. The molecule has 0 amide bonds. The van der Waals surface area contributed by atoms with Crippen LogP contribution in [0.25, 0.3) is 0 Å². The lowest BCUT2D eigenvalue weighted by Gasteiger charge is -2.20. The minimum Gasteiger partial charge on any atom is -0.303 e. The second-order valence-electron chi connectivity index (χ2n) is 4.31. The van der Waals surface area contributed by atoms with Crippen molar-refractivity contribution >= 4 is 27.5 Å². The molecular formula is C13H15BrClN3. The Morgan fingerprint density at radius 2 is 2.11 bits per heavy atom. The number of rotatable bonds is 4. The summed E-state index contributed by atoms with van der Waals surface area (Å²) in [6.07, 6.45) is 3.72. The normalized spacial score (nSPS) is 14.4. The minimum absolute atomic E-state index is 0.176. The molecule has 0 spiro atoms. The van der Waals surface area contributed by atoms with Crippen molar-refractivity contribution in [1.29, 1.82) is 0 Å². The molecule has 1 aromatic heterocycles. The molecule has 2 aromatic rings. The van der Waals surface area contributed by atoms with E-state index in [4.69, 9.17) is 11.6 Å². The van der Waals surface area contributed by atoms with Gasteiger partial charge in [0.2, 0.25) is 0 Å². The molecule has 2 rings (SSSR count). The highest BCUT2D eigenvalue weighted by Crippen LogP contribution is 2.27. The van der Waals surface area contributed by atoms with Crippen molar-refractivity contribution < 1.29 is 0 Å². The fourth-order valence-corrected chi connectivity index (χ4v) is 2.75. The number of nitrogens with one attached hydrogen (secondary N) is 2. The summed E-state index contributed by atoms with van der Waals surface area (Å²) in [7, 11) is 0. The summed E-state index contributed by atoms with van der Waals surface area (Å²) in [5.41, 5.74) is 2.23. The van der Waals surface area contributed by atoms with Crippen molar-refractivity contribution in [3.8, 4) is 0 Å². The van der Waals surface area contributed by atoms with E-state index in [1.807, 2.05) is 30.6 Å². The zero-order valence-corrected chi connectivity index (χ0v) is 12.6. The first-order chi connectivity index (χ1) is 8.58. The zero-order chi connectivity index (χ0) is 13.1. The third kappa shape index (κ3) is 3.13. The monoisotopic (exact) mass is 327 g/mol. The van der Waals surface area contributed by atoms with Crippen LogP contribution in [0.3, 0.4) is 0 Å². The molecule has 0 fully saturated rings. The first kappa shape index (κ1) is 13.6. The highest BCUT2D eigenvalue weighted by molar-refractivity contribution is 9.10. The molecule has 2 unspecified atom stereocenters. The Morgan fingerprint density at radius 1 is 1.33 bits per heavy atom. The molecule has 0 saturated carbocycles. The summed E-state index contributed by atoms with van der Waals surface area (Å²) in [5.74, 6) is 0. The van der Waals surface area contributed by atoms with Crippen LogP contribution >= 0.6 is 27.5 Å². The molecular weight excluding hydrogens is 314 g/mol. The van der Waals surface area contributed by atoms with Gasteiger partial charge in [0, 0.05) is 33.3 Å². The number of hydrogen-bond acceptors (Lipinski definition) is 2. The van der Waals surface area contributed by atoms with Gasteiger partial charge < -0.3 is 5.32 Å². The number of hydrogen-bond donors (Lipinski definition) is 2. The van der Waals surface area contributed by atoms with Crippen LogP contribution in [-0.4, -0.2) is 10.2 Å². The van der Waals surface area contributed by atoms with E-state index in [2.05, 4.69) is 45.3 Å². The Hall–Kier alpha value is -0.840. The standard InChI is InChI=1S/C13H15BrClN3/c1-8(10-6-16-17-7-10)18-9(2)12-4-3-11(14)5-13(12)15/h3-9,18H,1-2H3,(H,16,17). The lowest BCUT2D eigenvalue weighted by molar-refractivity contribution is 0.495. The molecule has 0 bridgehead atoms. The van der Waals surface area contributed by atoms with Gasteiger partial charge in [-0.1, -0.05) is 33.6 Å². The van der Waals surface area contributed by atoms with Crippen molar-refractivity contribution in [3.63, 3.8) is 0 Å². The van der Waals surface area contributed by atoms with Crippen LogP contribution in [0.15, 0.2) is 35.1 Å². The van der Waals surface area contributed by atoms with Gasteiger partial charge in [-0.05, 0) is 31.5 Å². The summed E-state index contributed by atoms with van der Waals surface area (Å²) in [4.78, 5) is 0. The summed E-state index contributed by atoms with van der Waals surface area (Å²) in [5, 5.41) is 11.0. The van der Waals surface area contributed by atoms with Crippen molar-refractivity contribution in [2.45, 2.75) is 25.9 Å². The van der Waals surface area contributed by atoms with E-state index >= 15 is 0 Å². The SMILES string of the molecule is CC(NC(C)c1ccc(Br)cc1Cl)c1cn[nH]c1. The van der Waals surface area contributed by atoms with Crippen LogP contribution in [0.2, 0.25) is 5.02 Å². The number of benzene rings is 1. The average Bonchev–Trinajstić information content (AvgIpc) is 2.81. The number of nitrogens with zero attached hydrogens (tertiary/aromatic N) is 1. The second-order valence-corrected chi connectivity index (χ2v) is 5.63. The number of aromatic amines is 1. The largest absolute Gasteiger partial charge is 0.303 e. The van der Waals surface area contributed by atoms with Crippen LogP contribution in [0, 0.1) is 0 Å². The van der Waals surface area contributed by atoms with E-state index in [1.54, 1.807) is 0 Å². The van der Waals surface area contributed by atoms with Crippen LogP contribution in [0.4, 0.5) is 0 Å². The lowest BCUT2D eigenvalue weighted by atomic mass is 10.1. The van der Waals surface area contributed by atoms with E-state index < -0.39 is 0 Å². The Kier molecular flexibility index (Phi) is 4.43. The van der Waals surface area contributed by atoms with Gasteiger partial charge in [-0.25, -0.2) is 0 Å². The fraction of sp³-hybridized carbons (Fsp3) is 0.308. The van der Waals surface area contributed by atoms with E-state index in [9.17, 15) is 0 Å². The first-order valence-corrected chi connectivity index (χ1v) is 6.94.